The molecule has 0 saturated heterocycles. The van der Waals surface area contributed by atoms with Gasteiger partial charge in [0.1, 0.15) is 11.6 Å². The van der Waals surface area contributed by atoms with E-state index in [-0.39, 0.29) is 5.41 Å². The summed E-state index contributed by atoms with van der Waals surface area (Å²) < 4.78 is 2.23. The van der Waals surface area contributed by atoms with Crippen molar-refractivity contribution in [3.05, 3.63) is 11.5 Å². The molecule has 0 bridgehead atoms. The van der Waals surface area contributed by atoms with E-state index in [0.717, 1.165) is 17.3 Å². The lowest BCUT2D eigenvalue weighted by Gasteiger charge is -2.22. The Morgan fingerprint density at radius 2 is 1.78 bits per heavy atom. The third-order valence-corrected chi connectivity index (χ3v) is 3.91. The second kappa shape index (κ2) is 4.60. The van der Waals surface area contributed by atoms with Gasteiger partial charge in [-0.15, -0.1) is 0 Å². The fourth-order valence-corrected chi connectivity index (χ4v) is 3.01. The van der Waals surface area contributed by atoms with Gasteiger partial charge < -0.3 is 10.3 Å². The first-order chi connectivity index (χ1) is 8.32. The van der Waals surface area contributed by atoms with Crippen molar-refractivity contribution in [3.8, 4) is 0 Å². The Balaban J connectivity index is 2.50. The number of imidazole rings is 1. The highest BCUT2D eigenvalue weighted by molar-refractivity contribution is 5.42. The smallest absolute Gasteiger partial charge is 0.127 e. The number of nitrogens with two attached hydrogens (primary N) is 1. The van der Waals surface area contributed by atoms with Crippen molar-refractivity contribution < 1.29 is 0 Å². The van der Waals surface area contributed by atoms with Gasteiger partial charge in [0.15, 0.2) is 0 Å². The zero-order chi connectivity index (χ0) is 13.5. The molecule has 3 heteroatoms. The van der Waals surface area contributed by atoms with E-state index in [2.05, 4.69) is 39.2 Å². The first-order valence-corrected chi connectivity index (χ1v) is 7.20. The van der Waals surface area contributed by atoms with Crippen LogP contribution in [-0.2, 0) is 5.41 Å². The summed E-state index contributed by atoms with van der Waals surface area (Å²) in [4.78, 5) is 4.92. The quantitative estimate of drug-likeness (QED) is 0.861. The van der Waals surface area contributed by atoms with E-state index < -0.39 is 0 Å². The maximum absolute atomic E-state index is 6.38. The minimum Gasteiger partial charge on any atom is -0.384 e. The third-order valence-electron chi connectivity index (χ3n) is 3.91. The normalized spacial score (nSPS) is 17.9. The lowest BCUT2D eigenvalue weighted by molar-refractivity contribution is 0.472. The molecule has 0 aromatic carbocycles. The highest BCUT2D eigenvalue weighted by atomic mass is 15.2. The highest BCUT2D eigenvalue weighted by Crippen LogP contribution is 2.39. The molecule has 1 aliphatic carbocycles. The summed E-state index contributed by atoms with van der Waals surface area (Å²) in [7, 11) is 0. The summed E-state index contributed by atoms with van der Waals surface area (Å²) in [5.74, 6) is 2.63. The number of aromatic nitrogens is 2. The van der Waals surface area contributed by atoms with E-state index in [1.165, 1.54) is 25.7 Å². The van der Waals surface area contributed by atoms with Crippen LogP contribution in [0, 0.1) is 0 Å². The Kier molecular flexibility index (Phi) is 3.43. The first kappa shape index (κ1) is 13.4. The summed E-state index contributed by atoms with van der Waals surface area (Å²) in [6.07, 6.45) is 5.15. The third kappa shape index (κ3) is 2.27. The van der Waals surface area contributed by atoms with Gasteiger partial charge in [-0.1, -0.05) is 33.6 Å². The first-order valence-electron chi connectivity index (χ1n) is 7.20. The van der Waals surface area contributed by atoms with E-state index in [4.69, 9.17) is 10.7 Å². The summed E-state index contributed by atoms with van der Waals surface area (Å²) in [6.45, 7) is 11.0. The standard InChI is InChI=1S/C15H27N3/c1-10(2)18-13(16)12(11-8-6-7-9-11)17-14(18)15(3,4)5/h10-11H,6-9,16H2,1-5H3. The Labute approximate surface area is 111 Å². The summed E-state index contributed by atoms with van der Waals surface area (Å²) in [5.41, 5.74) is 7.59. The molecular weight excluding hydrogens is 222 g/mol. The Morgan fingerprint density at radius 3 is 2.17 bits per heavy atom. The van der Waals surface area contributed by atoms with Crippen molar-refractivity contribution in [2.45, 2.75) is 77.7 Å². The number of nitrogen functional groups attached to an aromatic ring is 1. The van der Waals surface area contributed by atoms with Crippen molar-refractivity contribution in [1.82, 2.24) is 9.55 Å². The van der Waals surface area contributed by atoms with Crippen LogP contribution in [0.15, 0.2) is 0 Å². The van der Waals surface area contributed by atoms with Crippen LogP contribution >= 0.6 is 0 Å². The van der Waals surface area contributed by atoms with E-state index >= 15 is 0 Å². The molecule has 18 heavy (non-hydrogen) atoms. The van der Waals surface area contributed by atoms with Gasteiger partial charge in [-0.3, -0.25) is 0 Å². The Hall–Kier alpha value is -0.990. The van der Waals surface area contributed by atoms with Crippen LogP contribution < -0.4 is 5.73 Å². The van der Waals surface area contributed by atoms with Crippen molar-refractivity contribution >= 4 is 5.82 Å². The van der Waals surface area contributed by atoms with Crippen molar-refractivity contribution in [3.63, 3.8) is 0 Å². The topological polar surface area (TPSA) is 43.8 Å². The molecule has 1 aromatic heterocycles. The largest absolute Gasteiger partial charge is 0.384 e. The van der Waals surface area contributed by atoms with Crippen LogP contribution in [0.4, 0.5) is 5.82 Å². The SMILES string of the molecule is CC(C)n1c(C(C)(C)C)nc(C2CCCC2)c1N. The van der Waals surface area contributed by atoms with Gasteiger partial charge in [0.2, 0.25) is 0 Å². The molecule has 0 amide bonds. The van der Waals surface area contributed by atoms with Crippen LogP contribution in [0.5, 0.6) is 0 Å². The lowest BCUT2D eigenvalue weighted by Crippen LogP contribution is -2.21. The van der Waals surface area contributed by atoms with Crippen molar-refractivity contribution in [2.24, 2.45) is 0 Å². The molecule has 1 aromatic rings. The van der Waals surface area contributed by atoms with Gasteiger partial charge in [-0.25, -0.2) is 4.98 Å². The monoisotopic (exact) mass is 249 g/mol. The van der Waals surface area contributed by atoms with Crippen LogP contribution in [0.3, 0.4) is 0 Å². The number of hydrogen-bond acceptors (Lipinski definition) is 2. The molecule has 1 fully saturated rings. The van der Waals surface area contributed by atoms with Gasteiger partial charge in [-0.2, -0.15) is 0 Å². The van der Waals surface area contributed by atoms with Crippen LogP contribution in [-0.4, -0.2) is 9.55 Å². The molecule has 2 rings (SSSR count). The van der Waals surface area contributed by atoms with Crippen LogP contribution in [0.2, 0.25) is 0 Å². The van der Waals surface area contributed by atoms with Gasteiger partial charge >= 0.3 is 0 Å². The molecule has 0 atom stereocenters. The molecule has 0 spiro atoms. The molecule has 102 valence electrons. The molecule has 1 heterocycles. The maximum atomic E-state index is 6.38. The minimum atomic E-state index is 0.0508. The van der Waals surface area contributed by atoms with Crippen molar-refractivity contribution in [2.75, 3.05) is 5.73 Å². The highest BCUT2D eigenvalue weighted by Gasteiger charge is 2.30. The molecule has 1 aliphatic rings. The predicted molar refractivity (Wildman–Crippen MR) is 76.9 cm³/mol. The zero-order valence-corrected chi connectivity index (χ0v) is 12.5. The van der Waals surface area contributed by atoms with E-state index in [1.807, 2.05) is 0 Å². The average molecular weight is 249 g/mol. The average Bonchev–Trinajstić information content (AvgIpc) is 2.81. The summed E-state index contributed by atoms with van der Waals surface area (Å²) in [6, 6.07) is 0.377. The molecule has 1 saturated carbocycles. The Bertz CT molecular complexity index is 418. The maximum Gasteiger partial charge on any atom is 0.127 e. The zero-order valence-electron chi connectivity index (χ0n) is 12.5. The van der Waals surface area contributed by atoms with Crippen LogP contribution in [0.1, 0.15) is 83.8 Å². The number of hydrogen-bond donors (Lipinski definition) is 1. The number of anilines is 1. The second-order valence-corrected chi connectivity index (χ2v) is 6.90. The summed E-state index contributed by atoms with van der Waals surface area (Å²) >= 11 is 0. The fourth-order valence-electron chi connectivity index (χ4n) is 3.01. The molecule has 0 radical (unpaired) electrons. The van der Waals surface area contributed by atoms with E-state index in [0.29, 0.717) is 12.0 Å². The number of nitrogens with zero attached hydrogens (tertiary/aromatic N) is 2. The molecule has 0 unspecified atom stereocenters. The lowest BCUT2D eigenvalue weighted by atomic mass is 9.95. The molecule has 2 N–H and O–H groups in total. The Morgan fingerprint density at radius 1 is 1.22 bits per heavy atom. The fraction of sp³-hybridized carbons (Fsp3) is 0.800. The van der Waals surface area contributed by atoms with Gasteiger partial charge in [-0.05, 0) is 26.7 Å². The van der Waals surface area contributed by atoms with E-state index in [1.54, 1.807) is 0 Å². The minimum absolute atomic E-state index is 0.0508. The molecule has 0 aliphatic heterocycles. The number of rotatable bonds is 2. The summed E-state index contributed by atoms with van der Waals surface area (Å²) in [5, 5.41) is 0. The van der Waals surface area contributed by atoms with Gasteiger partial charge in [0.05, 0.1) is 5.69 Å². The van der Waals surface area contributed by atoms with Crippen LogP contribution in [0.25, 0.3) is 0 Å². The second-order valence-electron chi connectivity index (χ2n) is 6.90. The van der Waals surface area contributed by atoms with Gasteiger partial charge in [0, 0.05) is 17.4 Å². The van der Waals surface area contributed by atoms with Gasteiger partial charge in [0.25, 0.3) is 0 Å². The molecule has 3 nitrogen and oxygen atoms in total. The van der Waals surface area contributed by atoms with Crippen molar-refractivity contribution in [1.29, 1.82) is 0 Å². The molecular formula is C15H27N3. The predicted octanol–water partition coefficient (Wildman–Crippen LogP) is 4.00. The van der Waals surface area contributed by atoms with E-state index in [9.17, 15) is 0 Å².